The molecule has 2 N–H and O–H groups in total. The normalized spacial score (nSPS) is 19.2. The van der Waals surface area contributed by atoms with Crippen LogP contribution in [-0.4, -0.2) is 32.7 Å². The van der Waals surface area contributed by atoms with Crippen LogP contribution in [0.15, 0.2) is 29.2 Å². The third-order valence-corrected chi connectivity index (χ3v) is 3.57. The quantitative estimate of drug-likeness (QED) is 0.808. The van der Waals surface area contributed by atoms with Crippen molar-refractivity contribution < 1.29 is 17.4 Å². The summed E-state index contributed by atoms with van der Waals surface area (Å²) in [4.78, 5) is -0.0666. The summed E-state index contributed by atoms with van der Waals surface area (Å²) in [6, 6.07) is 5.99. The van der Waals surface area contributed by atoms with Gasteiger partial charge in [0.1, 0.15) is 0 Å². The minimum absolute atomic E-state index is 0.0666. The van der Waals surface area contributed by atoms with Gasteiger partial charge in [0, 0.05) is 12.5 Å². The monoisotopic (exact) mass is 275 g/mol. The maximum absolute atomic E-state index is 11.7. The van der Waals surface area contributed by atoms with Crippen molar-refractivity contribution in [3.05, 3.63) is 29.8 Å². The predicted molar refractivity (Wildman–Crippen MR) is 67.9 cm³/mol. The molecule has 0 bridgehead atoms. The zero-order valence-electron chi connectivity index (χ0n) is 10.3. The molecule has 0 unspecified atom stereocenters. The molecule has 1 aliphatic heterocycles. The van der Waals surface area contributed by atoms with Crippen molar-refractivity contribution in [1.29, 1.82) is 0 Å². The molecular weight excluding hydrogens is 257 g/mol. The second-order valence-corrected chi connectivity index (χ2v) is 5.72. The smallest absolute Gasteiger partial charge is 0.294 e. The average Bonchev–Trinajstić information content (AvgIpc) is 2.82. The van der Waals surface area contributed by atoms with Gasteiger partial charge in [0.2, 0.25) is 0 Å². The van der Waals surface area contributed by atoms with Crippen molar-refractivity contribution >= 4 is 10.1 Å². The van der Waals surface area contributed by atoms with Crippen molar-refractivity contribution in [2.75, 3.05) is 19.8 Å². The fraction of sp³-hybridized carbons (Fsp3) is 0.500. The van der Waals surface area contributed by atoms with Crippen LogP contribution < -0.4 is 5.32 Å². The van der Waals surface area contributed by atoms with Gasteiger partial charge < -0.3 is 5.32 Å². The van der Waals surface area contributed by atoms with Gasteiger partial charge in [0.25, 0.3) is 10.1 Å². The molecule has 1 fully saturated rings. The van der Waals surface area contributed by atoms with E-state index in [1.165, 1.54) is 12.1 Å². The molecule has 1 saturated heterocycles. The summed E-state index contributed by atoms with van der Waals surface area (Å²) in [5.74, 6) is 0.319. The van der Waals surface area contributed by atoms with E-state index in [2.05, 4.69) is 5.32 Å². The summed E-state index contributed by atoms with van der Waals surface area (Å²) in [6.07, 6.45) is 1.02. The van der Waals surface area contributed by atoms with Gasteiger partial charge in [-0.2, -0.15) is 8.42 Å². The molecule has 0 aliphatic carbocycles. The van der Waals surface area contributed by atoms with Gasteiger partial charge in [0.05, 0.1) is 11.6 Å². The molecule has 0 aromatic heterocycles. The van der Waals surface area contributed by atoms with E-state index in [0.717, 1.165) is 25.1 Å². The lowest BCUT2D eigenvalue weighted by Gasteiger charge is -1.95. The first kappa shape index (κ1) is 15.1. The summed E-state index contributed by atoms with van der Waals surface area (Å²) in [5, 5.41) is 3.08. The molecule has 102 valence electrons. The minimum Gasteiger partial charge on any atom is -0.316 e. The average molecular weight is 275 g/mol. The second-order valence-electron chi connectivity index (χ2n) is 4.30. The molecule has 0 spiro atoms. The first-order valence-electron chi connectivity index (χ1n) is 5.74. The van der Waals surface area contributed by atoms with Crippen molar-refractivity contribution in [2.45, 2.75) is 18.2 Å². The van der Waals surface area contributed by atoms with E-state index in [9.17, 15) is 12.8 Å². The lowest BCUT2D eigenvalue weighted by molar-refractivity contribution is 0.382. The Morgan fingerprint density at radius 2 is 2.00 bits per heavy atom. The van der Waals surface area contributed by atoms with Gasteiger partial charge in [-0.15, -0.1) is 0 Å². The highest BCUT2D eigenvalue weighted by Crippen LogP contribution is 2.08. The molecule has 18 heavy (non-hydrogen) atoms. The van der Waals surface area contributed by atoms with Crippen LogP contribution in [0.3, 0.4) is 0 Å². The van der Waals surface area contributed by atoms with E-state index in [1.54, 1.807) is 12.1 Å². The highest BCUT2D eigenvalue weighted by atomic mass is 32.2. The number of aryl methyl sites for hydroxylation is 1. The Morgan fingerprint density at radius 3 is 2.33 bits per heavy atom. The van der Waals surface area contributed by atoms with Gasteiger partial charge in [-0.3, -0.25) is 8.94 Å². The molecule has 1 heterocycles. The van der Waals surface area contributed by atoms with Gasteiger partial charge in [0.15, 0.2) is 0 Å². The second kappa shape index (κ2) is 6.82. The molecule has 2 rings (SSSR count). The van der Waals surface area contributed by atoms with Crippen LogP contribution in [-0.2, 0) is 10.1 Å². The Balaban J connectivity index is 0.000000199. The maximum Gasteiger partial charge on any atom is 0.294 e. The van der Waals surface area contributed by atoms with Gasteiger partial charge in [-0.25, -0.2) is 0 Å². The van der Waals surface area contributed by atoms with Crippen LogP contribution in [0.25, 0.3) is 0 Å². The third-order valence-electron chi connectivity index (χ3n) is 2.70. The number of rotatable bonds is 2. The van der Waals surface area contributed by atoms with Crippen LogP contribution in [0.2, 0.25) is 0 Å². The molecule has 0 amide bonds. The molecule has 1 aromatic carbocycles. The fourth-order valence-electron chi connectivity index (χ4n) is 1.56. The van der Waals surface area contributed by atoms with E-state index in [-0.39, 0.29) is 11.6 Å². The van der Waals surface area contributed by atoms with E-state index in [1.807, 2.05) is 6.92 Å². The molecule has 0 radical (unpaired) electrons. The lowest BCUT2D eigenvalue weighted by Crippen LogP contribution is -2.09. The van der Waals surface area contributed by atoms with Crippen LogP contribution in [0, 0.1) is 12.8 Å². The SMILES string of the molecule is Cc1ccc(S(=O)(=O)O)cc1.FC[C@@H]1CCNC1. The van der Waals surface area contributed by atoms with E-state index >= 15 is 0 Å². The van der Waals surface area contributed by atoms with E-state index < -0.39 is 10.1 Å². The fourth-order valence-corrected chi connectivity index (χ4v) is 2.04. The number of hydrogen-bond donors (Lipinski definition) is 2. The Bertz CT molecular complexity index is 453. The summed E-state index contributed by atoms with van der Waals surface area (Å²) in [6.45, 7) is 3.59. The minimum atomic E-state index is -4.02. The molecular formula is C12H18FNO3S. The highest BCUT2D eigenvalue weighted by Gasteiger charge is 2.12. The first-order chi connectivity index (χ1) is 8.43. The molecule has 6 heteroatoms. The number of benzene rings is 1. The molecule has 1 atom stereocenters. The summed E-state index contributed by atoms with van der Waals surface area (Å²) in [7, 11) is -4.02. The Morgan fingerprint density at radius 1 is 1.39 bits per heavy atom. The Labute approximate surface area is 107 Å². The molecule has 1 aliphatic rings. The van der Waals surface area contributed by atoms with Crippen molar-refractivity contribution in [3.63, 3.8) is 0 Å². The van der Waals surface area contributed by atoms with Gasteiger partial charge >= 0.3 is 0 Å². The van der Waals surface area contributed by atoms with Crippen LogP contribution in [0.1, 0.15) is 12.0 Å². The number of hydrogen-bond acceptors (Lipinski definition) is 3. The molecule has 1 aromatic rings. The van der Waals surface area contributed by atoms with Gasteiger partial charge in [-0.1, -0.05) is 17.7 Å². The van der Waals surface area contributed by atoms with E-state index in [4.69, 9.17) is 4.55 Å². The summed E-state index contributed by atoms with van der Waals surface area (Å²) < 4.78 is 41.2. The Kier molecular flexibility index (Phi) is 5.71. The van der Waals surface area contributed by atoms with Crippen LogP contribution >= 0.6 is 0 Å². The standard InChI is InChI=1S/C7H8O3S.C5H10FN/c1-6-2-4-7(5-3-6)11(8,9)10;6-3-5-1-2-7-4-5/h2-5H,1H3,(H,8,9,10);5,7H,1-4H2/t;5-/m.0/s1. The first-order valence-corrected chi connectivity index (χ1v) is 7.18. The van der Waals surface area contributed by atoms with Crippen molar-refractivity contribution in [3.8, 4) is 0 Å². The van der Waals surface area contributed by atoms with Crippen molar-refractivity contribution in [2.24, 2.45) is 5.92 Å². The Hall–Kier alpha value is -0.980. The van der Waals surface area contributed by atoms with E-state index in [0.29, 0.717) is 5.92 Å². The van der Waals surface area contributed by atoms with Crippen LogP contribution in [0.5, 0.6) is 0 Å². The highest BCUT2D eigenvalue weighted by molar-refractivity contribution is 7.85. The lowest BCUT2D eigenvalue weighted by atomic mass is 10.1. The van der Waals surface area contributed by atoms with Crippen molar-refractivity contribution in [1.82, 2.24) is 5.32 Å². The topological polar surface area (TPSA) is 66.4 Å². The zero-order valence-corrected chi connectivity index (χ0v) is 11.1. The number of nitrogens with one attached hydrogen (secondary N) is 1. The summed E-state index contributed by atoms with van der Waals surface area (Å²) >= 11 is 0. The third kappa shape index (κ3) is 5.12. The molecule has 4 nitrogen and oxygen atoms in total. The number of alkyl halides is 1. The maximum atomic E-state index is 11.7. The van der Waals surface area contributed by atoms with Crippen LogP contribution in [0.4, 0.5) is 4.39 Å². The number of halogens is 1. The largest absolute Gasteiger partial charge is 0.316 e. The molecule has 0 saturated carbocycles. The van der Waals surface area contributed by atoms with Gasteiger partial charge in [-0.05, 0) is 32.0 Å². The zero-order chi connectivity index (χ0) is 13.6. The predicted octanol–water partition coefficient (Wildman–Crippen LogP) is 1.81. The summed E-state index contributed by atoms with van der Waals surface area (Å²) in [5.41, 5.74) is 0.956.